The van der Waals surface area contributed by atoms with Gasteiger partial charge in [0.2, 0.25) is 11.8 Å². The van der Waals surface area contributed by atoms with Crippen LogP contribution in [0, 0.1) is 29.5 Å². The Bertz CT molecular complexity index is 1060. The number of hydrogen-bond acceptors (Lipinski definition) is 5. The number of carbonyl (C=O) groups excluding carboxylic acids is 2. The van der Waals surface area contributed by atoms with Crippen molar-refractivity contribution in [3.63, 3.8) is 0 Å². The lowest BCUT2D eigenvalue weighted by atomic mass is 9.82. The van der Waals surface area contributed by atoms with E-state index in [-0.39, 0.29) is 41.3 Å². The molecule has 2 bridgehead atoms. The number of nitrogens with two attached hydrogens (primary N) is 1. The number of fused-ring (bicyclic) bond motifs is 3. The summed E-state index contributed by atoms with van der Waals surface area (Å²) in [5, 5.41) is 8.16. The second-order valence-electron chi connectivity index (χ2n) is 9.72. The minimum atomic E-state index is -0.360. The number of allylic oxidation sites excluding steroid dienone is 2. The number of piperidine rings is 1. The number of benzene rings is 1. The van der Waals surface area contributed by atoms with Gasteiger partial charge in [0, 0.05) is 23.9 Å². The highest BCUT2D eigenvalue weighted by Gasteiger charge is 2.50. The monoisotopic (exact) mass is 454 g/mol. The number of hydrogen-bond donors (Lipinski definition) is 2. The fourth-order valence-corrected chi connectivity index (χ4v) is 6.01. The molecule has 1 saturated carbocycles. The summed E-state index contributed by atoms with van der Waals surface area (Å²) in [5.74, 6) is -0.755. The number of halogens is 1. The Kier molecular flexibility index (Phi) is 6.19. The molecular weight excluding hydrogens is 423 g/mol. The Morgan fingerprint density at radius 1 is 1.15 bits per heavy atom. The minimum Gasteiger partial charge on any atom is -0.369 e. The lowest BCUT2D eigenvalue weighted by Gasteiger charge is -2.31. The molecule has 2 aliphatic carbocycles. The molecule has 3 aliphatic rings. The molecule has 8 heteroatoms. The number of nitrogens with zero attached hydrogens (tertiary/aromatic N) is 2. The second-order valence-corrected chi connectivity index (χ2v) is 9.72. The molecule has 2 heterocycles. The first-order chi connectivity index (χ1) is 16.0. The minimum absolute atomic E-state index is 0.0313. The lowest BCUT2D eigenvalue weighted by Crippen LogP contribution is -2.42. The van der Waals surface area contributed by atoms with Gasteiger partial charge in [-0.25, -0.2) is 4.39 Å². The van der Waals surface area contributed by atoms with Crippen LogP contribution < -0.4 is 11.1 Å². The van der Waals surface area contributed by atoms with Crippen molar-refractivity contribution in [1.82, 2.24) is 15.4 Å². The SMILES string of the molecule is NC(=O)C1C2C=CC(C2)C1C(=O)NCCCCN1CCC(c2noc3cc(F)ccc23)CC1. The van der Waals surface area contributed by atoms with Crippen LogP contribution in [0.5, 0.6) is 0 Å². The molecule has 2 fully saturated rings. The summed E-state index contributed by atoms with van der Waals surface area (Å²) in [6, 6.07) is 4.61. The predicted molar refractivity (Wildman–Crippen MR) is 122 cm³/mol. The van der Waals surface area contributed by atoms with Crippen molar-refractivity contribution in [2.24, 2.45) is 29.4 Å². The first-order valence-corrected chi connectivity index (χ1v) is 12.0. The van der Waals surface area contributed by atoms with Crippen LogP contribution in [-0.4, -0.2) is 48.0 Å². The van der Waals surface area contributed by atoms with Crippen molar-refractivity contribution in [3.05, 3.63) is 41.9 Å². The van der Waals surface area contributed by atoms with Crippen molar-refractivity contribution in [3.8, 4) is 0 Å². The molecule has 5 rings (SSSR count). The number of likely N-dealkylation sites (tertiary alicyclic amines) is 1. The van der Waals surface area contributed by atoms with Gasteiger partial charge in [0.05, 0.1) is 17.5 Å². The zero-order chi connectivity index (χ0) is 22.9. The molecule has 3 N–H and O–H groups in total. The van der Waals surface area contributed by atoms with Crippen molar-refractivity contribution in [2.75, 3.05) is 26.2 Å². The molecule has 1 saturated heterocycles. The Balaban J connectivity index is 1.02. The summed E-state index contributed by atoms with van der Waals surface area (Å²) >= 11 is 0. The maximum atomic E-state index is 13.4. The van der Waals surface area contributed by atoms with E-state index < -0.39 is 0 Å². The van der Waals surface area contributed by atoms with Crippen molar-refractivity contribution in [1.29, 1.82) is 0 Å². The highest BCUT2D eigenvalue weighted by atomic mass is 19.1. The summed E-state index contributed by atoms with van der Waals surface area (Å²) in [7, 11) is 0. The molecule has 7 nitrogen and oxygen atoms in total. The molecule has 2 amide bonds. The van der Waals surface area contributed by atoms with E-state index in [4.69, 9.17) is 10.3 Å². The van der Waals surface area contributed by atoms with Crippen LogP contribution in [0.3, 0.4) is 0 Å². The molecule has 2 aromatic rings. The zero-order valence-corrected chi connectivity index (χ0v) is 18.7. The third kappa shape index (κ3) is 4.40. The standard InChI is InChI=1S/C25H31FN4O3/c26-18-5-6-19-20(14-18)33-29-23(19)15-7-11-30(12-8-15)10-2-1-9-28-25(32)22-17-4-3-16(13-17)21(22)24(27)31/h3-6,14-17,21-22H,1-2,7-13H2,(H2,27,31)(H,28,32). The van der Waals surface area contributed by atoms with E-state index in [0.717, 1.165) is 62.8 Å². The number of primary amides is 1. The first-order valence-electron chi connectivity index (χ1n) is 12.0. The van der Waals surface area contributed by atoms with Gasteiger partial charge >= 0.3 is 0 Å². The average molecular weight is 455 g/mol. The van der Waals surface area contributed by atoms with Crippen LogP contribution in [0.25, 0.3) is 11.0 Å². The van der Waals surface area contributed by atoms with E-state index in [9.17, 15) is 14.0 Å². The summed E-state index contributed by atoms with van der Waals surface area (Å²) < 4.78 is 18.7. The van der Waals surface area contributed by atoms with Gasteiger partial charge in [0.15, 0.2) is 5.58 Å². The number of nitrogens with one attached hydrogen (secondary N) is 1. The summed E-state index contributed by atoms with van der Waals surface area (Å²) in [4.78, 5) is 26.9. The van der Waals surface area contributed by atoms with Gasteiger partial charge in [0.1, 0.15) is 5.82 Å². The number of aromatic nitrogens is 1. The molecule has 0 radical (unpaired) electrons. The number of amides is 2. The zero-order valence-electron chi connectivity index (χ0n) is 18.7. The summed E-state index contributed by atoms with van der Waals surface area (Å²) in [6.07, 6.45) is 8.89. The average Bonchev–Trinajstić information content (AvgIpc) is 3.53. The topological polar surface area (TPSA) is 101 Å². The molecular formula is C25H31FN4O3. The fraction of sp³-hybridized carbons (Fsp3) is 0.560. The van der Waals surface area contributed by atoms with E-state index >= 15 is 0 Å². The van der Waals surface area contributed by atoms with Crippen LogP contribution in [0.4, 0.5) is 4.39 Å². The van der Waals surface area contributed by atoms with Crippen molar-refractivity contribution >= 4 is 22.8 Å². The Labute approximate surface area is 192 Å². The summed E-state index contributed by atoms with van der Waals surface area (Å²) in [6.45, 7) is 3.60. The quantitative estimate of drug-likeness (QED) is 0.472. The van der Waals surface area contributed by atoms with Gasteiger partial charge in [-0.1, -0.05) is 17.3 Å². The van der Waals surface area contributed by atoms with Crippen molar-refractivity contribution < 1.29 is 18.5 Å². The van der Waals surface area contributed by atoms with E-state index in [1.165, 1.54) is 12.1 Å². The Hall–Kier alpha value is -2.74. The van der Waals surface area contributed by atoms with E-state index in [0.29, 0.717) is 18.0 Å². The molecule has 1 aliphatic heterocycles. The molecule has 176 valence electrons. The van der Waals surface area contributed by atoms with Crippen LogP contribution in [0.1, 0.15) is 43.7 Å². The highest BCUT2D eigenvalue weighted by molar-refractivity contribution is 5.89. The third-order valence-corrected chi connectivity index (χ3v) is 7.73. The highest BCUT2D eigenvalue weighted by Crippen LogP contribution is 2.47. The van der Waals surface area contributed by atoms with E-state index in [1.807, 2.05) is 6.08 Å². The predicted octanol–water partition coefficient (Wildman–Crippen LogP) is 2.97. The number of unbranched alkanes of at least 4 members (excludes halogenated alkanes) is 1. The van der Waals surface area contributed by atoms with Gasteiger partial charge in [-0.05, 0) is 75.7 Å². The maximum Gasteiger partial charge on any atom is 0.224 e. The smallest absolute Gasteiger partial charge is 0.224 e. The van der Waals surface area contributed by atoms with Crippen LogP contribution in [0.15, 0.2) is 34.9 Å². The van der Waals surface area contributed by atoms with E-state index in [1.54, 1.807) is 6.07 Å². The van der Waals surface area contributed by atoms with Gasteiger partial charge in [0.25, 0.3) is 0 Å². The molecule has 0 spiro atoms. The third-order valence-electron chi connectivity index (χ3n) is 7.73. The largest absolute Gasteiger partial charge is 0.369 e. The molecule has 1 aromatic carbocycles. The maximum absolute atomic E-state index is 13.4. The number of carbonyl (C=O) groups is 2. The second kappa shape index (κ2) is 9.25. The molecule has 1 aromatic heterocycles. The normalized spacial score (nSPS) is 27.4. The first kappa shape index (κ1) is 22.1. The van der Waals surface area contributed by atoms with Crippen LogP contribution in [-0.2, 0) is 9.59 Å². The Morgan fingerprint density at radius 2 is 1.91 bits per heavy atom. The Morgan fingerprint density at radius 3 is 2.67 bits per heavy atom. The van der Waals surface area contributed by atoms with Gasteiger partial charge in [-0.3, -0.25) is 9.59 Å². The van der Waals surface area contributed by atoms with Gasteiger partial charge in [-0.2, -0.15) is 0 Å². The van der Waals surface area contributed by atoms with Crippen LogP contribution >= 0.6 is 0 Å². The van der Waals surface area contributed by atoms with Crippen LogP contribution in [0.2, 0.25) is 0 Å². The van der Waals surface area contributed by atoms with Crippen molar-refractivity contribution in [2.45, 2.75) is 38.0 Å². The molecule has 33 heavy (non-hydrogen) atoms. The molecule has 4 atom stereocenters. The number of rotatable bonds is 8. The fourth-order valence-electron chi connectivity index (χ4n) is 6.01. The van der Waals surface area contributed by atoms with E-state index in [2.05, 4.69) is 21.4 Å². The lowest BCUT2D eigenvalue weighted by molar-refractivity contribution is -0.133. The van der Waals surface area contributed by atoms with Gasteiger partial charge < -0.3 is 20.5 Å². The summed E-state index contributed by atoms with van der Waals surface area (Å²) in [5.41, 5.74) is 7.02. The van der Waals surface area contributed by atoms with Gasteiger partial charge in [-0.15, -0.1) is 0 Å². The molecule has 4 unspecified atom stereocenters.